The molecular formula is C23H27N3O. The van der Waals surface area contributed by atoms with Crippen molar-refractivity contribution in [2.24, 2.45) is 0 Å². The fourth-order valence-corrected chi connectivity index (χ4v) is 4.12. The third-order valence-corrected chi connectivity index (χ3v) is 5.60. The van der Waals surface area contributed by atoms with Crippen LogP contribution in [-0.4, -0.2) is 36.6 Å². The number of rotatable bonds is 4. The van der Waals surface area contributed by atoms with E-state index in [1.54, 1.807) is 0 Å². The molecular weight excluding hydrogens is 334 g/mol. The van der Waals surface area contributed by atoms with E-state index in [2.05, 4.69) is 59.1 Å². The number of carbonyl (C=O) groups excluding carboxylic acids is 1. The number of fused-ring (bicyclic) bond motifs is 1. The predicted molar refractivity (Wildman–Crippen MR) is 109 cm³/mol. The number of amides is 1. The molecule has 1 aliphatic carbocycles. The molecule has 4 rings (SSSR count). The molecule has 1 amide bonds. The Balaban J connectivity index is 1.64. The van der Waals surface area contributed by atoms with E-state index in [1.165, 1.54) is 16.7 Å². The Labute approximate surface area is 161 Å². The van der Waals surface area contributed by atoms with Gasteiger partial charge in [-0.25, -0.2) is 5.01 Å². The first kappa shape index (κ1) is 18.0. The number of nitrogens with zero attached hydrogens (tertiary/aromatic N) is 1. The Kier molecular flexibility index (Phi) is 5.37. The summed E-state index contributed by atoms with van der Waals surface area (Å²) in [5.74, 6) is -0.0186. The summed E-state index contributed by atoms with van der Waals surface area (Å²) in [6.07, 6.45) is 5.35. The van der Waals surface area contributed by atoms with Gasteiger partial charge in [-0.05, 0) is 47.6 Å². The van der Waals surface area contributed by atoms with Crippen LogP contribution in [0.5, 0.6) is 0 Å². The minimum absolute atomic E-state index is 0.0186. The maximum Gasteiger partial charge on any atom is 0.266 e. The van der Waals surface area contributed by atoms with Gasteiger partial charge >= 0.3 is 0 Å². The van der Waals surface area contributed by atoms with E-state index in [9.17, 15) is 4.79 Å². The molecule has 4 heteroatoms. The van der Waals surface area contributed by atoms with E-state index in [0.717, 1.165) is 50.0 Å². The summed E-state index contributed by atoms with van der Waals surface area (Å²) in [5, 5.41) is 5.50. The number of piperazine rings is 1. The molecule has 0 bridgehead atoms. The van der Waals surface area contributed by atoms with Crippen molar-refractivity contribution in [1.82, 2.24) is 15.8 Å². The number of benzene rings is 2. The van der Waals surface area contributed by atoms with Crippen molar-refractivity contribution in [2.75, 3.05) is 19.6 Å². The van der Waals surface area contributed by atoms with Gasteiger partial charge in [0.15, 0.2) is 0 Å². The summed E-state index contributed by atoms with van der Waals surface area (Å²) in [5.41, 5.74) is 8.71. The van der Waals surface area contributed by atoms with Gasteiger partial charge in [-0.3, -0.25) is 10.2 Å². The van der Waals surface area contributed by atoms with Crippen molar-refractivity contribution in [3.8, 4) is 0 Å². The molecule has 0 aromatic heterocycles. The molecule has 27 heavy (non-hydrogen) atoms. The summed E-state index contributed by atoms with van der Waals surface area (Å²) in [6, 6.07) is 16.8. The normalized spacial score (nSPS) is 19.9. The fraction of sp³-hybridized carbons (Fsp3) is 0.348. The van der Waals surface area contributed by atoms with Gasteiger partial charge in [0, 0.05) is 31.2 Å². The van der Waals surface area contributed by atoms with Gasteiger partial charge < -0.3 is 5.32 Å². The summed E-state index contributed by atoms with van der Waals surface area (Å²) in [6.45, 7) is 4.81. The molecule has 4 nitrogen and oxygen atoms in total. The molecule has 0 saturated carbocycles. The Morgan fingerprint density at radius 1 is 1.15 bits per heavy atom. The molecule has 1 fully saturated rings. The Bertz CT molecular complexity index is 858. The summed E-state index contributed by atoms with van der Waals surface area (Å²) in [7, 11) is 0. The number of hydrogen-bond donors (Lipinski definition) is 2. The van der Waals surface area contributed by atoms with Crippen LogP contribution in [0.15, 0.2) is 54.6 Å². The van der Waals surface area contributed by atoms with E-state index < -0.39 is 0 Å². The lowest BCUT2D eigenvalue weighted by Gasteiger charge is -2.35. The molecule has 1 heterocycles. The molecule has 140 valence electrons. The highest BCUT2D eigenvalue weighted by Crippen LogP contribution is 2.33. The van der Waals surface area contributed by atoms with E-state index in [-0.39, 0.29) is 5.91 Å². The monoisotopic (exact) mass is 361 g/mol. The zero-order valence-corrected chi connectivity index (χ0v) is 15.9. The average Bonchev–Trinajstić information content (AvgIpc) is 2.73. The van der Waals surface area contributed by atoms with Gasteiger partial charge in [-0.15, -0.1) is 0 Å². The van der Waals surface area contributed by atoms with Gasteiger partial charge in [0.1, 0.15) is 0 Å². The lowest BCUT2D eigenvalue weighted by Crippen LogP contribution is -2.58. The molecule has 2 N–H and O–H groups in total. The van der Waals surface area contributed by atoms with Crippen molar-refractivity contribution < 1.29 is 4.79 Å². The molecule has 1 saturated heterocycles. The summed E-state index contributed by atoms with van der Waals surface area (Å²) >= 11 is 0. The standard InChI is InChI=1S/C23H27N3O/c1-2-18-16-24-14-15-26(18)25-23(27)22-12-6-5-11-21(22)20-13-7-9-17-8-3-4-10-19(17)20/h3-6,8,10-13,18,24H,2,7,9,14-16H2,1H3,(H,25,27). The molecule has 0 radical (unpaired) electrons. The first-order chi connectivity index (χ1) is 13.3. The molecule has 2 aromatic rings. The second kappa shape index (κ2) is 8.07. The van der Waals surface area contributed by atoms with Gasteiger partial charge in [0.2, 0.25) is 0 Å². The van der Waals surface area contributed by atoms with Crippen molar-refractivity contribution in [3.63, 3.8) is 0 Å². The lowest BCUT2D eigenvalue weighted by molar-refractivity contribution is 0.0606. The number of hydrazine groups is 1. The predicted octanol–water partition coefficient (Wildman–Crippen LogP) is 3.39. The number of aryl methyl sites for hydroxylation is 1. The van der Waals surface area contributed by atoms with E-state index in [1.807, 2.05) is 18.2 Å². The highest BCUT2D eigenvalue weighted by Gasteiger charge is 2.24. The van der Waals surface area contributed by atoms with Crippen LogP contribution in [-0.2, 0) is 6.42 Å². The highest BCUT2D eigenvalue weighted by molar-refractivity contribution is 6.01. The van der Waals surface area contributed by atoms with E-state index in [0.29, 0.717) is 6.04 Å². The van der Waals surface area contributed by atoms with Crippen LogP contribution in [0.25, 0.3) is 5.57 Å². The number of allylic oxidation sites excluding steroid dienone is 1. The van der Waals surface area contributed by atoms with Crippen LogP contribution in [0.1, 0.15) is 46.8 Å². The topological polar surface area (TPSA) is 44.4 Å². The summed E-state index contributed by atoms with van der Waals surface area (Å²) < 4.78 is 0. The maximum absolute atomic E-state index is 13.1. The van der Waals surface area contributed by atoms with Crippen molar-refractivity contribution in [2.45, 2.75) is 32.2 Å². The molecule has 0 spiro atoms. The van der Waals surface area contributed by atoms with Gasteiger partial charge in [-0.1, -0.05) is 55.5 Å². The average molecular weight is 361 g/mol. The SMILES string of the molecule is CCC1CNCCN1NC(=O)c1ccccc1C1=CCCc2ccccc21. The lowest BCUT2D eigenvalue weighted by atomic mass is 9.85. The van der Waals surface area contributed by atoms with Gasteiger partial charge in [0.25, 0.3) is 5.91 Å². The number of carbonyl (C=O) groups is 1. The van der Waals surface area contributed by atoms with E-state index in [4.69, 9.17) is 0 Å². The second-order valence-corrected chi connectivity index (χ2v) is 7.26. The largest absolute Gasteiger partial charge is 0.314 e. The number of nitrogens with one attached hydrogen (secondary N) is 2. The highest BCUT2D eigenvalue weighted by atomic mass is 16.2. The minimum Gasteiger partial charge on any atom is -0.314 e. The quantitative estimate of drug-likeness (QED) is 0.877. The molecule has 1 atom stereocenters. The third kappa shape index (κ3) is 3.68. The minimum atomic E-state index is -0.0186. The van der Waals surface area contributed by atoms with Crippen LogP contribution >= 0.6 is 0 Å². The summed E-state index contributed by atoms with van der Waals surface area (Å²) in [4.78, 5) is 13.1. The van der Waals surface area contributed by atoms with Crippen LogP contribution in [0, 0.1) is 0 Å². The first-order valence-electron chi connectivity index (χ1n) is 9.94. The molecule has 2 aromatic carbocycles. The number of hydrogen-bond acceptors (Lipinski definition) is 3. The zero-order valence-electron chi connectivity index (χ0n) is 15.9. The molecule has 1 aliphatic heterocycles. The smallest absolute Gasteiger partial charge is 0.266 e. The van der Waals surface area contributed by atoms with Crippen LogP contribution in [0.3, 0.4) is 0 Å². The first-order valence-corrected chi connectivity index (χ1v) is 9.94. The van der Waals surface area contributed by atoms with Crippen LogP contribution in [0.4, 0.5) is 0 Å². The molecule has 1 unspecified atom stereocenters. The van der Waals surface area contributed by atoms with Crippen molar-refractivity contribution in [3.05, 3.63) is 76.9 Å². The van der Waals surface area contributed by atoms with Gasteiger partial charge in [-0.2, -0.15) is 0 Å². The van der Waals surface area contributed by atoms with E-state index >= 15 is 0 Å². The Morgan fingerprint density at radius 2 is 1.93 bits per heavy atom. The van der Waals surface area contributed by atoms with Crippen molar-refractivity contribution >= 4 is 11.5 Å². The fourth-order valence-electron chi connectivity index (χ4n) is 4.12. The van der Waals surface area contributed by atoms with Crippen LogP contribution in [0.2, 0.25) is 0 Å². The second-order valence-electron chi connectivity index (χ2n) is 7.26. The van der Waals surface area contributed by atoms with Crippen molar-refractivity contribution in [1.29, 1.82) is 0 Å². The maximum atomic E-state index is 13.1. The third-order valence-electron chi connectivity index (χ3n) is 5.60. The Morgan fingerprint density at radius 3 is 2.78 bits per heavy atom. The van der Waals surface area contributed by atoms with Crippen LogP contribution < -0.4 is 10.7 Å². The molecule has 2 aliphatic rings. The Hall–Kier alpha value is -2.43. The zero-order chi connectivity index (χ0) is 18.6. The van der Waals surface area contributed by atoms with Gasteiger partial charge in [0.05, 0.1) is 0 Å².